The molecule has 0 radical (unpaired) electrons. The van der Waals surface area contributed by atoms with Crippen molar-refractivity contribution in [3.05, 3.63) is 35.6 Å². The van der Waals surface area contributed by atoms with Gasteiger partial charge in [0.1, 0.15) is 0 Å². The summed E-state index contributed by atoms with van der Waals surface area (Å²) in [6, 6.07) is 6.76. The van der Waals surface area contributed by atoms with Gasteiger partial charge in [-0.15, -0.1) is 12.4 Å². The molecule has 0 nitrogen and oxygen atoms in total. The van der Waals surface area contributed by atoms with Crippen molar-refractivity contribution in [1.82, 2.24) is 0 Å². The molecule has 1 rings (SSSR count). The van der Waals surface area contributed by atoms with Crippen molar-refractivity contribution in [3.8, 4) is 0 Å². The summed E-state index contributed by atoms with van der Waals surface area (Å²) in [7, 11) is 0. The van der Waals surface area contributed by atoms with E-state index in [0.29, 0.717) is 0 Å². The maximum atomic E-state index is 12.4. The third kappa shape index (κ3) is 2.76. The van der Waals surface area contributed by atoms with Crippen molar-refractivity contribution < 1.29 is 22.7 Å². The maximum absolute atomic E-state index is 12.4. The van der Waals surface area contributed by atoms with Crippen molar-refractivity contribution in [2.24, 2.45) is 0 Å². The molecule has 0 heterocycles. The molecule has 1 aromatic rings. The molecule has 0 unspecified atom stereocenters. The number of benzene rings is 1. The Bertz CT molecular complexity index is 203. The van der Waals surface area contributed by atoms with E-state index >= 15 is 0 Å². The second-order valence-corrected chi connectivity index (χ2v) is 2.93. The average Bonchev–Trinajstić information content (AvgIpc) is 1.88. The Morgan fingerprint density at radius 2 is 2.10 bits per heavy atom. The van der Waals surface area contributed by atoms with Crippen molar-refractivity contribution in [3.63, 3.8) is 0 Å². The van der Waals surface area contributed by atoms with Crippen molar-refractivity contribution in [2.45, 2.75) is 5.02 Å². The Kier molecular flexibility index (Phi) is 4.84. The predicted octanol–water partition coefficient (Wildman–Crippen LogP) is 2.29. The number of rotatable bonds is 1. The summed E-state index contributed by atoms with van der Waals surface area (Å²) in [6.07, 6.45) is 0. The molecule has 1 aromatic carbocycles. The molecule has 0 N–H and O–H groups in total. The molecule has 51 valence electrons. The molecule has 0 saturated carbocycles. The van der Waals surface area contributed by atoms with Gasteiger partial charge in [0.25, 0.3) is 0 Å². The fourth-order valence-electron chi connectivity index (χ4n) is 0.692. The van der Waals surface area contributed by atoms with Crippen LogP contribution in [0, 0.1) is 5.82 Å². The van der Waals surface area contributed by atoms with Crippen LogP contribution in [-0.4, -0.2) is 0 Å². The van der Waals surface area contributed by atoms with Crippen LogP contribution in [0.25, 0.3) is 0 Å². The SMILES string of the molecule is Cl.Fc1cccc([CH2][Zn])c1. The first-order valence-electron chi connectivity index (χ1n) is 2.86. The summed E-state index contributed by atoms with van der Waals surface area (Å²) in [5.74, 6) is -0.124. The monoisotopic (exact) mass is 209 g/mol. The number of hydrogen-bond acceptors (Lipinski definition) is 0. The Hall–Kier alpha value is 0.0634. The molecule has 0 aliphatic carbocycles. The Morgan fingerprint density at radius 1 is 1.40 bits per heavy atom. The fraction of sp³-hybridized carbons (Fsp3) is 0.143. The van der Waals surface area contributed by atoms with E-state index in [1.54, 1.807) is 12.1 Å². The summed E-state index contributed by atoms with van der Waals surface area (Å²) < 4.78 is 12.4. The van der Waals surface area contributed by atoms with Crippen LogP contribution in [0.15, 0.2) is 24.3 Å². The molecule has 0 aliphatic rings. The van der Waals surface area contributed by atoms with Gasteiger partial charge in [0.15, 0.2) is 0 Å². The third-order valence-electron chi connectivity index (χ3n) is 1.18. The first kappa shape index (κ1) is 10.1. The Labute approximate surface area is 75.9 Å². The first-order chi connectivity index (χ1) is 4.33. The predicted molar refractivity (Wildman–Crippen MR) is 37.4 cm³/mol. The van der Waals surface area contributed by atoms with E-state index in [0.717, 1.165) is 10.6 Å². The average molecular weight is 211 g/mol. The van der Waals surface area contributed by atoms with Crippen LogP contribution in [0.5, 0.6) is 0 Å². The summed E-state index contributed by atoms with van der Waals surface area (Å²) >= 11 is 1.20. The van der Waals surface area contributed by atoms with Gasteiger partial charge in [-0.25, -0.2) is 0 Å². The van der Waals surface area contributed by atoms with Crippen molar-refractivity contribution >= 4 is 12.4 Å². The Balaban J connectivity index is 0.000000810. The summed E-state index contributed by atoms with van der Waals surface area (Å²) in [6.45, 7) is 0. The molecule has 3 heteroatoms. The van der Waals surface area contributed by atoms with E-state index in [2.05, 4.69) is 0 Å². The van der Waals surface area contributed by atoms with E-state index in [9.17, 15) is 4.39 Å². The van der Waals surface area contributed by atoms with Gasteiger partial charge in [-0.3, -0.25) is 0 Å². The first-order valence-corrected chi connectivity index (χ1v) is 4.96. The van der Waals surface area contributed by atoms with Crippen LogP contribution in [0.4, 0.5) is 4.39 Å². The van der Waals surface area contributed by atoms with Crippen LogP contribution in [0.3, 0.4) is 0 Å². The summed E-state index contributed by atoms with van der Waals surface area (Å²) in [4.78, 5) is 0. The standard InChI is InChI=1S/C7H6F.ClH.Zn/c1-6-3-2-4-7(8)5-6;;/h2-5H,1H2;1H;. The third-order valence-corrected chi connectivity index (χ3v) is 2.39. The molecule has 0 bridgehead atoms. The number of hydrogen-bond donors (Lipinski definition) is 0. The molecule has 0 spiro atoms. The van der Waals surface area contributed by atoms with Gasteiger partial charge in [0.2, 0.25) is 0 Å². The zero-order valence-electron chi connectivity index (χ0n) is 5.51. The van der Waals surface area contributed by atoms with Gasteiger partial charge in [-0.05, 0) is 0 Å². The molecule has 0 amide bonds. The Morgan fingerprint density at radius 3 is 2.50 bits per heavy atom. The van der Waals surface area contributed by atoms with E-state index in [1.807, 2.05) is 6.07 Å². The van der Waals surface area contributed by atoms with E-state index in [4.69, 9.17) is 0 Å². The zero-order valence-corrected chi connectivity index (χ0v) is 9.29. The van der Waals surface area contributed by atoms with Gasteiger partial charge >= 0.3 is 63.4 Å². The van der Waals surface area contributed by atoms with Gasteiger partial charge in [0, 0.05) is 0 Å². The molecule has 0 aliphatic heterocycles. The molecule has 0 aromatic heterocycles. The molecule has 0 atom stereocenters. The van der Waals surface area contributed by atoms with Gasteiger partial charge in [-0.2, -0.15) is 0 Å². The molecule has 10 heavy (non-hydrogen) atoms. The zero-order chi connectivity index (χ0) is 6.69. The minimum atomic E-state index is -0.124. The molecular formula is C7H7ClFZn. The van der Waals surface area contributed by atoms with Crippen molar-refractivity contribution in [1.29, 1.82) is 0 Å². The second kappa shape index (κ2) is 4.81. The molecule has 0 saturated heterocycles. The number of halogens is 2. The summed E-state index contributed by atoms with van der Waals surface area (Å²) in [5, 5.41) is 1.03. The van der Waals surface area contributed by atoms with Crippen LogP contribution in [-0.2, 0) is 23.3 Å². The van der Waals surface area contributed by atoms with Crippen LogP contribution in [0.1, 0.15) is 5.56 Å². The normalized spacial score (nSPS) is 8.70. The minimum absolute atomic E-state index is 0. The van der Waals surface area contributed by atoms with Crippen molar-refractivity contribution in [2.75, 3.05) is 0 Å². The van der Waals surface area contributed by atoms with Gasteiger partial charge < -0.3 is 0 Å². The molecular weight excluding hydrogens is 204 g/mol. The van der Waals surface area contributed by atoms with Crippen LogP contribution >= 0.6 is 12.4 Å². The van der Waals surface area contributed by atoms with E-state index in [-0.39, 0.29) is 18.2 Å². The molecule has 0 fully saturated rings. The summed E-state index contributed by atoms with van der Waals surface area (Å²) in [5.41, 5.74) is 1.11. The van der Waals surface area contributed by atoms with E-state index < -0.39 is 0 Å². The van der Waals surface area contributed by atoms with Gasteiger partial charge in [-0.1, -0.05) is 0 Å². The second-order valence-electron chi connectivity index (χ2n) is 1.88. The van der Waals surface area contributed by atoms with E-state index in [1.165, 1.54) is 24.4 Å². The quantitative estimate of drug-likeness (QED) is 0.625. The van der Waals surface area contributed by atoms with Gasteiger partial charge in [0.05, 0.1) is 0 Å². The fourth-order valence-corrected chi connectivity index (χ4v) is 1.34. The topological polar surface area (TPSA) is 0 Å². The van der Waals surface area contributed by atoms with Crippen LogP contribution in [0.2, 0.25) is 0 Å². The van der Waals surface area contributed by atoms with Crippen LogP contribution < -0.4 is 0 Å².